The summed E-state index contributed by atoms with van der Waals surface area (Å²) in [7, 11) is 0. The van der Waals surface area contributed by atoms with Crippen LogP contribution in [0.1, 0.15) is 29.4 Å². The second-order valence-electron chi connectivity index (χ2n) is 3.81. The average Bonchev–Trinajstić information content (AvgIpc) is 2.36. The minimum atomic E-state index is -1.31. The number of aromatic nitrogens is 1. The maximum atomic E-state index is 11.9. The molecule has 1 amide bonds. The first-order chi connectivity index (χ1) is 8.60. The molecule has 0 unspecified atom stereocenters. The average molecular weight is 252 g/mol. The quantitative estimate of drug-likeness (QED) is 0.672. The van der Waals surface area contributed by atoms with Crippen molar-refractivity contribution in [2.24, 2.45) is 0 Å². The summed E-state index contributed by atoms with van der Waals surface area (Å²) in [6.07, 6.45) is 3.02. The molecule has 3 N–H and O–H groups in total. The number of hydrogen-bond acceptors (Lipinski definition) is 4. The smallest absolute Gasteiger partial charge is 0.328 e. The molecule has 0 fully saturated rings. The van der Waals surface area contributed by atoms with Crippen LogP contribution in [0.25, 0.3) is 0 Å². The molecule has 18 heavy (non-hydrogen) atoms. The number of nitrogens with zero attached hydrogens (tertiary/aromatic N) is 1. The van der Waals surface area contributed by atoms with E-state index in [9.17, 15) is 9.59 Å². The number of hydrogen-bond donors (Lipinski definition) is 3. The first-order valence-corrected chi connectivity index (χ1v) is 5.68. The zero-order valence-corrected chi connectivity index (χ0v) is 10.1. The zero-order chi connectivity index (χ0) is 13.5. The second-order valence-corrected chi connectivity index (χ2v) is 3.81. The van der Waals surface area contributed by atoms with Crippen LogP contribution in [0.4, 0.5) is 0 Å². The predicted octanol–water partition coefficient (Wildman–Crippen LogP) is 0.209. The van der Waals surface area contributed by atoms with Crippen molar-refractivity contribution in [1.29, 1.82) is 0 Å². The lowest BCUT2D eigenvalue weighted by Gasteiger charge is -2.12. The van der Waals surface area contributed by atoms with E-state index in [1.54, 1.807) is 12.1 Å². The van der Waals surface area contributed by atoms with Crippen LogP contribution in [-0.4, -0.2) is 39.7 Å². The number of carbonyl (C=O) groups is 2. The summed E-state index contributed by atoms with van der Waals surface area (Å²) in [4.78, 5) is 26.5. The molecule has 0 aliphatic rings. The number of aliphatic hydroxyl groups is 1. The van der Waals surface area contributed by atoms with Gasteiger partial charge >= 0.3 is 5.97 Å². The molecule has 1 aromatic rings. The highest BCUT2D eigenvalue weighted by atomic mass is 16.4. The van der Waals surface area contributed by atoms with Crippen LogP contribution in [0.2, 0.25) is 0 Å². The van der Waals surface area contributed by atoms with Crippen molar-refractivity contribution in [3.63, 3.8) is 0 Å². The highest BCUT2D eigenvalue weighted by Crippen LogP contribution is 2.08. The third-order valence-electron chi connectivity index (χ3n) is 2.41. The van der Waals surface area contributed by atoms with Gasteiger partial charge < -0.3 is 15.5 Å². The molecule has 0 radical (unpaired) electrons. The van der Waals surface area contributed by atoms with Crippen molar-refractivity contribution >= 4 is 11.9 Å². The van der Waals surface area contributed by atoms with E-state index in [4.69, 9.17) is 10.2 Å². The Kier molecular flexibility index (Phi) is 5.26. The van der Waals surface area contributed by atoms with Crippen molar-refractivity contribution < 1.29 is 19.8 Å². The number of aliphatic carboxylic acids is 1. The molecule has 1 atom stereocenters. The summed E-state index contributed by atoms with van der Waals surface area (Å²) in [5.74, 6) is -1.86. The minimum absolute atomic E-state index is 0.207. The summed E-state index contributed by atoms with van der Waals surface area (Å²) in [5.41, 5.74) is 0.971. The van der Waals surface area contributed by atoms with Crippen molar-refractivity contribution in [3.8, 4) is 0 Å². The summed E-state index contributed by atoms with van der Waals surface area (Å²) in [6, 6.07) is 2.19. The monoisotopic (exact) mass is 252 g/mol. The number of nitrogens with one attached hydrogen (secondary N) is 1. The van der Waals surface area contributed by atoms with E-state index < -0.39 is 24.5 Å². The lowest BCUT2D eigenvalue weighted by atomic mass is 10.1. The largest absolute Gasteiger partial charge is 0.480 e. The zero-order valence-electron chi connectivity index (χ0n) is 10.1. The fourth-order valence-corrected chi connectivity index (χ4v) is 1.53. The van der Waals surface area contributed by atoms with Gasteiger partial charge in [-0.05, 0) is 18.1 Å². The molecule has 0 spiro atoms. The van der Waals surface area contributed by atoms with E-state index in [0.717, 1.165) is 12.0 Å². The van der Waals surface area contributed by atoms with Crippen LogP contribution in [0.5, 0.6) is 0 Å². The van der Waals surface area contributed by atoms with Crippen molar-refractivity contribution in [3.05, 3.63) is 29.6 Å². The van der Waals surface area contributed by atoms with Gasteiger partial charge in [0, 0.05) is 6.20 Å². The molecular formula is C12H16N2O4. The van der Waals surface area contributed by atoms with Crippen LogP contribution in [-0.2, 0) is 11.2 Å². The highest BCUT2D eigenvalue weighted by Gasteiger charge is 2.21. The SMILES string of the molecule is CCCc1cccnc1C(=O)N[C@@H](CO)C(=O)O. The third-order valence-corrected chi connectivity index (χ3v) is 2.41. The molecule has 6 heteroatoms. The van der Waals surface area contributed by atoms with Gasteiger partial charge in [-0.3, -0.25) is 9.78 Å². The van der Waals surface area contributed by atoms with Crippen molar-refractivity contribution in [2.75, 3.05) is 6.61 Å². The van der Waals surface area contributed by atoms with Crippen LogP contribution >= 0.6 is 0 Å². The molecule has 1 heterocycles. The van der Waals surface area contributed by atoms with Gasteiger partial charge in [-0.2, -0.15) is 0 Å². The number of pyridine rings is 1. The summed E-state index contributed by atoms with van der Waals surface area (Å²) in [5, 5.41) is 19.8. The Morgan fingerprint density at radius 2 is 2.22 bits per heavy atom. The number of amides is 1. The fourth-order valence-electron chi connectivity index (χ4n) is 1.53. The van der Waals surface area contributed by atoms with Gasteiger partial charge in [0.25, 0.3) is 5.91 Å². The molecule has 0 aromatic carbocycles. The Hall–Kier alpha value is -1.95. The van der Waals surface area contributed by atoms with Gasteiger partial charge in [0.05, 0.1) is 6.61 Å². The van der Waals surface area contributed by atoms with E-state index in [2.05, 4.69) is 10.3 Å². The molecule has 0 bridgehead atoms. The Morgan fingerprint density at radius 1 is 1.50 bits per heavy atom. The molecule has 98 valence electrons. The van der Waals surface area contributed by atoms with Crippen molar-refractivity contribution in [1.82, 2.24) is 10.3 Å². The number of carboxylic acids is 1. The number of carbonyl (C=O) groups excluding carboxylic acids is 1. The molecule has 0 saturated heterocycles. The molecule has 6 nitrogen and oxygen atoms in total. The number of rotatable bonds is 6. The Labute approximate surface area is 105 Å². The highest BCUT2D eigenvalue weighted by molar-refractivity contribution is 5.96. The van der Waals surface area contributed by atoms with Gasteiger partial charge in [0.2, 0.25) is 0 Å². The molecule has 0 aliphatic carbocycles. The molecule has 0 aliphatic heterocycles. The third kappa shape index (κ3) is 3.53. The van der Waals surface area contributed by atoms with E-state index >= 15 is 0 Å². The van der Waals surface area contributed by atoms with E-state index in [1.165, 1.54) is 6.20 Å². The Balaban J connectivity index is 2.86. The number of carboxylic acid groups (broad SMARTS) is 1. The van der Waals surface area contributed by atoms with E-state index in [1.807, 2.05) is 6.92 Å². The summed E-state index contributed by atoms with van der Waals surface area (Å²) >= 11 is 0. The van der Waals surface area contributed by atoms with E-state index in [0.29, 0.717) is 6.42 Å². The Bertz CT molecular complexity index is 434. The second kappa shape index (κ2) is 6.70. The van der Waals surface area contributed by atoms with Crippen LogP contribution in [0.3, 0.4) is 0 Å². The maximum absolute atomic E-state index is 11.9. The maximum Gasteiger partial charge on any atom is 0.328 e. The van der Waals surface area contributed by atoms with E-state index in [-0.39, 0.29) is 5.69 Å². The van der Waals surface area contributed by atoms with Crippen LogP contribution in [0, 0.1) is 0 Å². The van der Waals surface area contributed by atoms with Gasteiger partial charge in [-0.1, -0.05) is 19.4 Å². The van der Waals surface area contributed by atoms with Crippen molar-refractivity contribution in [2.45, 2.75) is 25.8 Å². The lowest BCUT2D eigenvalue weighted by Crippen LogP contribution is -2.43. The first kappa shape index (κ1) is 14.1. The standard InChI is InChI=1S/C12H16N2O4/c1-2-4-8-5-3-6-13-10(8)11(16)14-9(7-15)12(17)18/h3,5-6,9,15H,2,4,7H2,1H3,(H,14,16)(H,17,18)/t9-/m0/s1. The normalized spacial score (nSPS) is 11.9. The summed E-state index contributed by atoms with van der Waals surface area (Å²) in [6.45, 7) is 1.32. The first-order valence-electron chi connectivity index (χ1n) is 5.68. The van der Waals surface area contributed by atoms with Crippen LogP contribution in [0.15, 0.2) is 18.3 Å². The van der Waals surface area contributed by atoms with Gasteiger partial charge in [-0.25, -0.2) is 4.79 Å². The van der Waals surface area contributed by atoms with Gasteiger partial charge in [-0.15, -0.1) is 0 Å². The van der Waals surface area contributed by atoms with Crippen LogP contribution < -0.4 is 5.32 Å². The summed E-state index contributed by atoms with van der Waals surface area (Å²) < 4.78 is 0. The molecule has 1 rings (SSSR count). The fraction of sp³-hybridized carbons (Fsp3) is 0.417. The molecule has 1 aromatic heterocycles. The number of aryl methyl sites for hydroxylation is 1. The molecular weight excluding hydrogens is 236 g/mol. The van der Waals surface area contributed by atoms with Gasteiger partial charge in [0.1, 0.15) is 5.69 Å². The molecule has 0 saturated carbocycles. The van der Waals surface area contributed by atoms with Gasteiger partial charge in [0.15, 0.2) is 6.04 Å². The predicted molar refractivity (Wildman–Crippen MR) is 64.2 cm³/mol. The minimum Gasteiger partial charge on any atom is -0.480 e. The number of aliphatic hydroxyl groups excluding tert-OH is 1. The Morgan fingerprint density at radius 3 is 2.78 bits per heavy atom. The topological polar surface area (TPSA) is 99.5 Å². The lowest BCUT2D eigenvalue weighted by molar-refractivity contribution is -0.140.